The molecule has 0 radical (unpaired) electrons. The van der Waals surface area contributed by atoms with Gasteiger partial charge in [-0.05, 0) is 95.9 Å². The third-order valence-electron chi connectivity index (χ3n) is 7.89. The van der Waals surface area contributed by atoms with Crippen molar-refractivity contribution in [2.45, 2.75) is 66.0 Å². The van der Waals surface area contributed by atoms with Crippen LogP contribution < -0.4 is 4.90 Å². The van der Waals surface area contributed by atoms with Crippen LogP contribution in [0.5, 0.6) is 0 Å². The van der Waals surface area contributed by atoms with E-state index in [2.05, 4.69) is 78.6 Å². The van der Waals surface area contributed by atoms with Gasteiger partial charge in [-0.15, -0.1) is 0 Å². The van der Waals surface area contributed by atoms with Crippen LogP contribution in [-0.4, -0.2) is 80.1 Å². The van der Waals surface area contributed by atoms with Crippen molar-refractivity contribution in [2.75, 3.05) is 64.3 Å². The van der Waals surface area contributed by atoms with E-state index in [0.29, 0.717) is 6.04 Å². The summed E-state index contributed by atoms with van der Waals surface area (Å²) in [6, 6.07) is 9.99. The van der Waals surface area contributed by atoms with Gasteiger partial charge in [0, 0.05) is 44.5 Å². The normalized spacial score (nSPS) is 20.7. The second-order valence-corrected chi connectivity index (χ2v) is 10.4. The number of piperazine rings is 1. The highest BCUT2D eigenvalue weighted by Gasteiger charge is 2.22. The Morgan fingerprint density at radius 1 is 0.935 bits per heavy atom. The molecular formula is C27H48N4. The van der Waals surface area contributed by atoms with Gasteiger partial charge in [-0.25, -0.2) is 0 Å². The van der Waals surface area contributed by atoms with Crippen molar-refractivity contribution >= 4 is 5.69 Å². The second-order valence-electron chi connectivity index (χ2n) is 10.4. The van der Waals surface area contributed by atoms with Crippen molar-refractivity contribution in [1.82, 2.24) is 14.7 Å². The Hall–Kier alpha value is -1.10. The summed E-state index contributed by atoms with van der Waals surface area (Å²) in [7, 11) is 2.27. The standard InChI is InChI=1S/C27H48N4/c1-6-24(4)26-12-16-29(17-13-26)15-7-14-28(5)22-25-8-10-27(11-9-25)31-20-18-30(19-21-31)23(2)3/h8-11,23-24,26H,6-7,12-22H2,1-5H3. The predicted molar refractivity (Wildman–Crippen MR) is 135 cm³/mol. The summed E-state index contributed by atoms with van der Waals surface area (Å²) in [5.74, 6) is 1.87. The number of nitrogens with zero attached hydrogens (tertiary/aromatic N) is 4. The summed E-state index contributed by atoms with van der Waals surface area (Å²) in [5.41, 5.74) is 2.82. The summed E-state index contributed by atoms with van der Waals surface area (Å²) in [5, 5.41) is 0. The molecule has 4 heteroatoms. The summed E-state index contributed by atoms with van der Waals surface area (Å²) < 4.78 is 0. The number of hydrogen-bond donors (Lipinski definition) is 0. The summed E-state index contributed by atoms with van der Waals surface area (Å²) >= 11 is 0. The van der Waals surface area contributed by atoms with E-state index in [1.165, 1.54) is 76.2 Å². The molecule has 1 unspecified atom stereocenters. The molecule has 2 aliphatic heterocycles. The van der Waals surface area contributed by atoms with E-state index >= 15 is 0 Å². The molecule has 0 N–H and O–H groups in total. The Labute approximate surface area is 192 Å². The molecule has 1 aromatic carbocycles. The van der Waals surface area contributed by atoms with Crippen LogP contribution in [0.4, 0.5) is 5.69 Å². The van der Waals surface area contributed by atoms with Crippen LogP contribution in [-0.2, 0) is 6.54 Å². The maximum absolute atomic E-state index is 2.69. The molecule has 4 nitrogen and oxygen atoms in total. The van der Waals surface area contributed by atoms with Gasteiger partial charge in [0.15, 0.2) is 0 Å². The van der Waals surface area contributed by atoms with Crippen LogP contribution >= 0.6 is 0 Å². The van der Waals surface area contributed by atoms with E-state index in [1.54, 1.807) is 0 Å². The first kappa shape index (κ1) is 24.5. The van der Waals surface area contributed by atoms with Gasteiger partial charge < -0.3 is 14.7 Å². The minimum atomic E-state index is 0.664. The summed E-state index contributed by atoms with van der Waals surface area (Å²) in [6.45, 7) is 20.2. The van der Waals surface area contributed by atoms with Gasteiger partial charge in [-0.2, -0.15) is 0 Å². The molecule has 2 fully saturated rings. The Morgan fingerprint density at radius 2 is 1.58 bits per heavy atom. The lowest BCUT2D eigenvalue weighted by molar-refractivity contribution is 0.145. The Bertz CT molecular complexity index is 613. The quantitative estimate of drug-likeness (QED) is 0.531. The second kappa shape index (κ2) is 12.2. The van der Waals surface area contributed by atoms with Crippen LogP contribution in [0.15, 0.2) is 24.3 Å². The third-order valence-corrected chi connectivity index (χ3v) is 7.89. The van der Waals surface area contributed by atoms with Crippen LogP contribution in [0.3, 0.4) is 0 Å². The lowest BCUT2D eigenvalue weighted by atomic mass is 9.84. The predicted octanol–water partition coefficient (Wildman–Crippen LogP) is 4.80. The maximum atomic E-state index is 2.69. The van der Waals surface area contributed by atoms with Crippen molar-refractivity contribution in [2.24, 2.45) is 11.8 Å². The molecule has 0 spiro atoms. The zero-order chi connectivity index (χ0) is 22.2. The molecule has 0 aliphatic carbocycles. The molecule has 0 bridgehead atoms. The molecule has 0 amide bonds. The van der Waals surface area contributed by atoms with Gasteiger partial charge in [-0.1, -0.05) is 32.4 Å². The first-order chi connectivity index (χ1) is 15.0. The zero-order valence-electron chi connectivity index (χ0n) is 21.0. The molecule has 0 saturated carbocycles. The topological polar surface area (TPSA) is 13.0 Å². The first-order valence-electron chi connectivity index (χ1n) is 12.9. The Kier molecular flexibility index (Phi) is 9.68. The van der Waals surface area contributed by atoms with E-state index < -0.39 is 0 Å². The highest BCUT2D eigenvalue weighted by Crippen LogP contribution is 2.26. The van der Waals surface area contributed by atoms with Gasteiger partial charge in [-0.3, -0.25) is 4.90 Å². The lowest BCUT2D eigenvalue weighted by Gasteiger charge is -2.38. The number of anilines is 1. The van der Waals surface area contributed by atoms with Crippen LogP contribution in [0.2, 0.25) is 0 Å². The highest BCUT2D eigenvalue weighted by molar-refractivity contribution is 5.48. The van der Waals surface area contributed by atoms with Gasteiger partial charge in [0.25, 0.3) is 0 Å². The van der Waals surface area contributed by atoms with Crippen LogP contribution in [0.1, 0.15) is 58.9 Å². The number of hydrogen-bond acceptors (Lipinski definition) is 4. The average Bonchev–Trinajstić information content (AvgIpc) is 2.79. The van der Waals surface area contributed by atoms with Gasteiger partial charge >= 0.3 is 0 Å². The van der Waals surface area contributed by atoms with E-state index in [0.717, 1.165) is 31.5 Å². The van der Waals surface area contributed by atoms with Crippen molar-refractivity contribution in [3.8, 4) is 0 Å². The fourth-order valence-electron chi connectivity index (χ4n) is 5.34. The van der Waals surface area contributed by atoms with Gasteiger partial charge in [0.1, 0.15) is 0 Å². The molecule has 1 atom stereocenters. The fourth-order valence-corrected chi connectivity index (χ4v) is 5.34. The zero-order valence-corrected chi connectivity index (χ0v) is 21.0. The maximum Gasteiger partial charge on any atom is 0.0367 e. The monoisotopic (exact) mass is 428 g/mol. The minimum absolute atomic E-state index is 0.664. The van der Waals surface area contributed by atoms with Gasteiger partial charge in [0.05, 0.1) is 0 Å². The number of benzene rings is 1. The Morgan fingerprint density at radius 3 is 2.16 bits per heavy atom. The number of piperidine rings is 1. The summed E-state index contributed by atoms with van der Waals surface area (Å²) in [6.07, 6.45) is 5.43. The largest absolute Gasteiger partial charge is 0.369 e. The fraction of sp³-hybridized carbons (Fsp3) is 0.778. The van der Waals surface area contributed by atoms with Crippen molar-refractivity contribution in [3.05, 3.63) is 29.8 Å². The molecule has 3 rings (SSSR count). The number of rotatable bonds is 10. The molecule has 31 heavy (non-hydrogen) atoms. The molecule has 1 aromatic rings. The molecule has 2 saturated heterocycles. The molecule has 176 valence electrons. The van der Waals surface area contributed by atoms with Crippen LogP contribution in [0, 0.1) is 11.8 Å². The van der Waals surface area contributed by atoms with Crippen molar-refractivity contribution in [3.63, 3.8) is 0 Å². The smallest absolute Gasteiger partial charge is 0.0367 e. The van der Waals surface area contributed by atoms with E-state index in [1.807, 2.05) is 0 Å². The highest BCUT2D eigenvalue weighted by atomic mass is 15.3. The van der Waals surface area contributed by atoms with Crippen molar-refractivity contribution < 1.29 is 0 Å². The summed E-state index contributed by atoms with van der Waals surface area (Å²) in [4.78, 5) is 10.3. The van der Waals surface area contributed by atoms with Gasteiger partial charge in [0.2, 0.25) is 0 Å². The van der Waals surface area contributed by atoms with E-state index in [9.17, 15) is 0 Å². The lowest BCUT2D eigenvalue weighted by Crippen LogP contribution is -2.48. The SMILES string of the molecule is CCC(C)C1CCN(CCCN(C)Cc2ccc(N3CCN(C(C)C)CC3)cc2)CC1. The first-order valence-corrected chi connectivity index (χ1v) is 12.9. The minimum Gasteiger partial charge on any atom is -0.369 e. The third kappa shape index (κ3) is 7.47. The van der Waals surface area contributed by atoms with Crippen LogP contribution in [0.25, 0.3) is 0 Å². The van der Waals surface area contributed by atoms with Crippen molar-refractivity contribution in [1.29, 1.82) is 0 Å². The van der Waals surface area contributed by atoms with E-state index in [4.69, 9.17) is 0 Å². The average molecular weight is 429 g/mol. The van der Waals surface area contributed by atoms with E-state index in [-0.39, 0.29) is 0 Å². The Balaban J connectivity index is 1.33. The molecule has 2 aliphatic rings. The molecule has 0 aromatic heterocycles. The molecule has 2 heterocycles. The number of likely N-dealkylation sites (tertiary alicyclic amines) is 1. The molecular weight excluding hydrogens is 380 g/mol.